The molecule has 31 heavy (non-hydrogen) atoms. The van der Waals surface area contributed by atoms with E-state index < -0.39 is 15.8 Å². The Morgan fingerprint density at radius 2 is 1.68 bits per heavy atom. The molecule has 0 aliphatic carbocycles. The van der Waals surface area contributed by atoms with Gasteiger partial charge >= 0.3 is 0 Å². The SMILES string of the molecule is Cc1cc2c(C)c(C(=O)N3CCCCC3)oc2c(S(=O)(=O)Nc2ccc(F)cc2)c1C. The summed E-state index contributed by atoms with van der Waals surface area (Å²) in [6.45, 7) is 6.65. The summed E-state index contributed by atoms with van der Waals surface area (Å²) >= 11 is 0. The molecule has 0 atom stereocenters. The monoisotopic (exact) mass is 444 g/mol. The number of halogens is 1. The van der Waals surface area contributed by atoms with Crippen molar-refractivity contribution in [1.82, 2.24) is 4.90 Å². The van der Waals surface area contributed by atoms with Crippen molar-refractivity contribution in [3.05, 3.63) is 58.6 Å². The van der Waals surface area contributed by atoms with Crippen molar-refractivity contribution < 1.29 is 22.0 Å². The van der Waals surface area contributed by atoms with Crippen LogP contribution in [-0.4, -0.2) is 32.3 Å². The van der Waals surface area contributed by atoms with E-state index in [1.165, 1.54) is 24.3 Å². The largest absolute Gasteiger partial charge is 0.449 e. The number of carbonyl (C=O) groups excluding carboxylic acids is 1. The maximum Gasteiger partial charge on any atom is 0.289 e. The first-order valence-electron chi connectivity index (χ1n) is 10.3. The van der Waals surface area contributed by atoms with Crippen molar-refractivity contribution in [3.63, 3.8) is 0 Å². The molecule has 6 nitrogen and oxygen atoms in total. The van der Waals surface area contributed by atoms with Gasteiger partial charge in [0.2, 0.25) is 0 Å². The van der Waals surface area contributed by atoms with Crippen LogP contribution in [0.2, 0.25) is 0 Å². The summed E-state index contributed by atoms with van der Waals surface area (Å²) in [6.07, 6.45) is 2.99. The molecule has 0 spiro atoms. The van der Waals surface area contributed by atoms with Gasteiger partial charge in [-0.25, -0.2) is 12.8 Å². The van der Waals surface area contributed by atoms with Gasteiger partial charge in [-0.05, 0) is 81.5 Å². The van der Waals surface area contributed by atoms with Crippen LogP contribution in [0.4, 0.5) is 10.1 Å². The van der Waals surface area contributed by atoms with E-state index in [-0.39, 0.29) is 27.8 Å². The number of carbonyl (C=O) groups is 1. The topological polar surface area (TPSA) is 79.6 Å². The number of rotatable bonds is 4. The quantitative estimate of drug-likeness (QED) is 0.619. The highest BCUT2D eigenvalue weighted by molar-refractivity contribution is 7.93. The minimum atomic E-state index is -4.05. The molecule has 1 amide bonds. The number of anilines is 1. The number of aryl methyl sites for hydroxylation is 2. The summed E-state index contributed by atoms with van der Waals surface area (Å²) in [5.74, 6) is -0.488. The predicted molar refractivity (Wildman–Crippen MR) is 117 cm³/mol. The third-order valence-electron chi connectivity index (χ3n) is 5.90. The van der Waals surface area contributed by atoms with Crippen LogP contribution in [0.1, 0.15) is 46.5 Å². The number of fused-ring (bicyclic) bond motifs is 1. The molecule has 1 aliphatic rings. The van der Waals surface area contributed by atoms with Crippen molar-refractivity contribution in [1.29, 1.82) is 0 Å². The average Bonchev–Trinajstić information content (AvgIpc) is 3.06. The molecule has 0 radical (unpaired) electrons. The first-order chi connectivity index (χ1) is 14.7. The fourth-order valence-electron chi connectivity index (χ4n) is 4.04. The Balaban J connectivity index is 1.83. The van der Waals surface area contributed by atoms with Gasteiger partial charge in [-0.3, -0.25) is 9.52 Å². The summed E-state index contributed by atoms with van der Waals surface area (Å²) in [5.41, 5.74) is 2.34. The van der Waals surface area contributed by atoms with E-state index in [1.54, 1.807) is 18.7 Å². The zero-order valence-corrected chi connectivity index (χ0v) is 18.6. The molecule has 1 N–H and O–H groups in total. The minimum absolute atomic E-state index is 0.00683. The lowest BCUT2D eigenvalue weighted by atomic mass is 10.0. The van der Waals surface area contributed by atoms with Crippen LogP contribution in [0, 0.1) is 26.6 Å². The van der Waals surface area contributed by atoms with Gasteiger partial charge in [-0.2, -0.15) is 0 Å². The zero-order chi connectivity index (χ0) is 22.3. The number of hydrogen-bond acceptors (Lipinski definition) is 4. The number of sulfonamides is 1. The fourth-order valence-corrected chi connectivity index (χ4v) is 5.54. The molecule has 1 aliphatic heterocycles. The van der Waals surface area contributed by atoms with Crippen molar-refractivity contribution in [3.8, 4) is 0 Å². The molecule has 4 rings (SSSR count). The van der Waals surface area contributed by atoms with E-state index in [9.17, 15) is 17.6 Å². The van der Waals surface area contributed by atoms with Crippen LogP contribution in [-0.2, 0) is 10.0 Å². The summed E-state index contributed by atoms with van der Waals surface area (Å²) < 4.78 is 48.3. The predicted octanol–water partition coefficient (Wildman–Crippen LogP) is 4.92. The number of nitrogens with one attached hydrogen (secondary N) is 1. The van der Waals surface area contributed by atoms with Crippen LogP contribution >= 0.6 is 0 Å². The molecular formula is C23H25FN2O4S. The van der Waals surface area contributed by atoms with Gasteiger partial charge in [0.1, 0.15) is 10.7 Å². The Morgan fingerprint density at radius 1 is 1.03 bits per heavy atom. The van der Waals surface area contributed by atoms with Gasteiger partial charge in [-0.15, -0.1) is 0 Å². The molecule has 8 heteroatoms. The normalized spacial score (nSPS) is 14.8. The average molecular weight is 445 g/mol. The summed E-state index contributed by atoms with van der Waals surface area (Å²) in [4.78, 5) is 14.8. The van der Waals surface area contributed by atoms with Gasteiger partial charge in [-0.1, -0.05) is 0 Å². The summed E-state index contributed by atoms with van der Waals surface area (Å²) in [7, 11) is -4.05. The molecule has 1 aromatic heterocycles. The van der Waals surface area contributed by atoms with Crippen LogP contribution in [0.15, 0.2) is 39.6 Å². The molecule has 0 saturated carbocycles. The molecule has 2 heterocycles. The molecule has 3 aromatic rings. The first kappa shape index (κ1) is 21.4. The number of amides is 1. The van der Waals surface area contributed by atoms with Crippen LogP contribution < -0.4 is 4.72 Å². The molecule has 2 aromatic carbocycles. The summed E-state index contributed by atoms with van der Waals surface area (Å²) in [5, 5.41) is 0.600. The Morgan fingerprint density at radius 3 is 2.32 bits per heavy atom. The van der Waals surface area contributed by atoms with E-state index in [4.69, 9.17) is 4.42 Å². The Kier molecular flexibility index (Phi) is 5.51. The van der Waals surface area contributed by atoms with E-state index in [0.717, 1.165) is 24.8 Å². The highest BCUT2D eigenvalue weighted by Gasteiger charge is 2.30. The fraction of sp³-hybridized carbons (Fsp3) is 0.348. The van der Waals surface area contributed by atoms with Gasteiger partial charge in [0, 0.05) is 29.7 Å². The number of nitrogens with zero attached hydrogens (tertiary/aromatic N) is 1. The standard InChI is InChI=1S/C23H25FN2O4S/c1-14-13-19-16(3)20(23(27)26-11-5-4-6-12-26)30-21(19)22(15(14)2)31(28,29)25-18-9-7-17(24)8-10-18/h7-10,13,25H,4-6,11-12H2,1-3H3. The first-order valence-corrected chi connectivity index (χ1v) is 11.8. The highest BCUT2D eigenvalue weighted by atomic mass is 32.2. The molecule has 1 fully saturated rings. The number of benzene rings is 2. The van der Waals surface area contributed by atoms with Gasteiger partial charge in [0.05, 0.1) is 0 Å². The molecule has 164 valence electrons. The number of likely N-dealkylation sites (tertiary alicyclic amines) is 1. The number of piperidine rings is 1. The maximum absolute atomic E-state index is 13.3. The minimum Gasteiger partial charge on any atom is -0.449 e. The highest BCUT2D eigenvalue weighted by Crippen LogP contribution is 2.36. The second-order valence-corrected chi connectivity index (χ2v) is 9.66. The lowest BCUT2D eigenvalue weighted by molar-refractivity contribution is 0.0693. The van der Waals surface area contributed by atoms with Crippen molar-refractivity contribution in [2.75, 3.05) is 17.8 Å². The smallest absolute Gasteiger partial charge is 0.289 e. The third-order valence-corrected chi connectivity index (χ3v) is 7.43. The summed E-state index contributed by atoms with van der Waals surface area (Å²) in [6, 6.07) is 6.93. The van der Waals surface area contributed by atoms with E-state index in [0.29, 0.717) is 29.6 Å². The second kappa shape index (κ2) is 8.00. The number of furan rings is 1. The van der Waals surface area contributed by atoms with Crippen molar-refractivity contribution >= 4 is 32.6 Å². The van der Waals surface area contributed by atoms with Gasteiger partial charge < -0.3 is 9.32 Å². The lowest BCUT2D eigenvalue weighted by Crippen LogP contribution is -2.35. The molecule has 0 unspecified atom stereocenters. The van der Waals surface area contributed by atoms with Crippen molar-refractivity contribution in [2.24, 2.45) is 0 Å². The van der Waals surface area contributed by atoms with Gasteiger partial charge in [0.25, 0.3) is 15.9 Å². The van der Waals surface area contributed by atoms with E-state index in [2.05, 4.69) is 4.72 Å². The molecular weight excluding hydrogens is 419 g/mol. The molecule has 0 bridgehead atoms. The van der Waals surface area contributed by atoms with Crippen LogP contribution in [0.5, 0.6) is 0 Å². The van der Waals surface area contributed by atoms with Crippen LogP contribution in [0.25, 0.3) is 11.0 Å². The Labute approximate surface area is 181 Å². The second-order valence-electron chi connectivity index (χ2n) is 8.05. The lowest BCUT2D eigenvalue weighted by Gasteiger charge is -2.25. The van der Waals surface area contributed by atoms with Gasteiger partial charge in [0.15, 0.2) is 11.3 Å². The van der Waals surface area contributed by atoms with E-state index in [1.807, 2.05) is 13.0 Å². The number of hydrogen-bond donors (Lipinski definition) is 1. The van der Waals surface area contributed by atoms with Crippen LogP contribution in [0.3, 0.4) is 0 Å². The Bertz CT molecular complexity index is 1260. The van der Waals surface area contributed by atoms with Crippen molar-refractivity contribution in [2.45, 2.75) is 44.9 Å². The third kappa shape index (κ3) is 3.92. The zero-order valence-electron chi connectivity index (χ0n) is 17.8. The molecule has 1 saturated heterocycles. The Hall–Kier alpha value is -2.87. The van der Waals surface area contributed by atoms with E-state index >= 15 is 0 Å². The maximum atomic E-state index is 13.3.